The number of halogens is 1. The number of urea groups is 1. The predicted octanol–water partition coefficient (Wildman–Crippen LogP) is 2.64. The van der Waals surface area contributed by atoms with Gasteiger partial charge in [-0.1, -0.05) is 54.1 Å². The molecule has 8 heteroatoms. The van der Waals surface area contributed by atoms with Crippen LogP contribution >= 0.6 is 11.6 Å². The molecule has 3 N–H and O–H groups in total. The van der Waals surface area contributed by atoms with Crippen molar-refractivity contribution in [2.75, 3.05) is 13.7 Å². The molecule has 0 aromatic heterocycles. The van der Waals surface area contributed by atoms with E-state index in [-0.39, 0.29) is 18.9 Å². The number of nitrogens with two attached hydrogens (primary N) is 1. The van der Waals surface area contributed by atoms with Crippen LogP contribution in [0.3, 0.4) is 0 Å². The molecule has 7 nitrogen and oxygen atoms in total. The Kier molecular flexibility index (Phi) is 7.83. The molecule has 2 aromatic rings. The maximum Gasteiger partial charge on any atom is 0.312 e. The molecule has 0 radical (unpaired) electrons. The van der Waals surface area contributed by atoms with Gasteiger partial charge in [-0.05, 0) is 23.3 Å². The van der Waals surface area contributed by atoms with Gasteiger partial charge in [-0.3, -0.25) is 9.59 Å². The number of rotatable bonds is 8. The van der Waals surface area contributed by atoms with E-state index in [2.05, 4.69) is 5.32 Å². The van der Waals surface area contributed by atoms with E-state index in [1.54, 1.807) is 31.3 Å². The Labute approximate surface area is 168 Å². The predicted molar refractivity (Wildman–Crippen MR) is 105 cm³/mol. The quantitative estimate of drug-likeness (QED) is 0.661. The molecule has 0 aliphatic heterocycles. The van der Waals surface area contributed by atoms with Crippen molar-refractivity contribution in [1.29, 1.82) is 0 Å². The van der Waals surface area contributed by atoms with E-state index >= 15 is 0 Å². The van der Waals surface area contributed by atoms with Gasteiger partial charge in [-0.25, -0.2) is 4.79 Å². The highest BCUT2D eigenvalue weighted by molar-refractivity contribution is 6.30. The molecule has 0 saturated carbocycles. The van der Waals surface area contributed by atoms with Gasteiger partial charge in [0.1, 0.15) is 0 Å². The third-order valence-electron chi connectivity index (χ3n) is 4.00. The third kappa shape index (κ3) is 6.92. The average molecular weight is 404 g/mol. The summed E-state index contributed by atoms with van der Waals surface area (Å²) >= 11 is 5.85. The van der Waals surface area contributed by atoms with E-state index in [0.29, 0.717) is 17.1 Å². The van der Waals surface area contributed by atoms with Crippen molar-refractivity contribution >= 4 is 29.5 Å². The Balaban J connectivity index is 1.88. The van der Waals surface area contributed by atoms with Gasteiger partial charge >= 0.3 is 12.0 Å². The number of carbonyl (C=O) groups excluding carboxylic acids is 3. The van der Waals surface area contributed by atoms with Crippen molar-refractivity contribution in [3.05, 3.63) is 70.7 Å². The number of primary amides is 1. The number of carbonyl (C=O) groups is 3. The van der Waals surface area contributed by atoms with Crippen LogP contribution in [-0.4, -0.2) is 36.5 Å². The molecule has 0 aliphatic carbocycles. The number of ether oxygens (including phenoxy) is 1. The molecule has 28 heavy (non-hydrogen) atoms. The zero-order valence-electron chi connectivity index (χ0n) is 15.4. The fourth-order valence-corrected chi connectivity index (χ4v) is 2.67. The molecule has 148 valence electrons. The first-order valence-electron chi connectivity index (χ1n) is 8.60. The summed E-state index contributed by atoms with van der Waals surface area (Å²) in [5, 5.41) is 3.01. The molecule has 0 saturated heterocycles. The zero-order chi connectivity index (χ0) is 20.5. The zero-order valence-corrected chi connectivity index (χ0v) is 16.2. The minimum Gasteiger partial charge on any atom is -0.455 e. The summed E-state index contributed by atoms with van der Waals surface area (Å²) < 4.78 is 5.07. The lowest BCUT2D eigenvalue weighted by molar-refractivity contribution is -0.152. The van der Waals surface area contributed by atoms with Crippen molar-refractivity contribution in [3.63, 3.8) is 0 Å². The summed E-state index contributed by atoms with van der Waals surface area (Å²) in [7, 11) is 1.63. The van der Waals surface area contributed by atoms with E-state index < -0.39 is 18.0 Å². The Hall–Kier alpha value is -3.06. The number of hydrogen-bond donors (Lipinski definition) is 2. The Morgan fingerprint density at radius 1 is 1.11 bits per heavy atom. The number of likely N-dealkylation sites (N-methyl/N-ethyl adjacent to an activating group) is 1. The topological polar surface area (TPSA) is 102 Å². The van der Waals surface area contributed by atoms with Gasteiger partial charge in [-0.2, -0.15) is 0 Å². The molecule has 2 aromatic carbocycles. The number of esters is 1. The van der Waals surface area contributed by atoms with E-state index in [4.69, 9.17) is 22.1 Å². The summed E-state index contributed by atoms with van der Waals surface area (Å²) in [5.74, 6) is -0.960. The second kappa shape index (κ2) is 10.3. The SMILES string of the molecule is CN(Cc1ccccc1)C(=O)COC(=O)CC(NC(N)=O)c1ccc(Cl)cc1. The summed E-state index contributed by atoms with van der Waals surface area (Å²) in [6.07, 6.45) is -0.166. The van der Waals surface area contributed by atoms with Crippen LogP contribution in [0.4, 0.5) is 4.79 Å². The van der Waals surface area contributed by atoms with Crippen molar-refractivity contribution in [2.45, 2.75) is 19.0 Å². The summed E-state index contributed by atoms with van der Waals surface area (Å²) in [6.45, 7) is 0.0277. The summed E-state index contributed by atoms with van der Waals surface area (Å²) in [5.41, 5.74) is 6.80. The maximum absolute atomic E-state index is 12.2. The molecule has 1 unspecified atom stereocenters. The largest absolute Gasteiger partial charge is 0.455 e. The third-order valence-corrected chi connectivity index (χ3v) is 4.26. The molecule has 1 atom stereocenters. The van der Waals surface area contributed by atoms with E-state index in [9.17, 15) is 14.4 Å². The van der Waals surface area contributed by atoms with Gasteiger partial charge in [0.15, 0.2) is 6.61 Å². The number of nitrogens with zero attached hydrogens (tertiary/aromatic N) is 1. The van der Waals surface area contributed by atoms with Crippen molar-refractivity contribution in [2.24, 2.45) is 5.73 Å². The van der Waals surface area contributed by atoms with Crippen LogP contribution < -0.4 is 11.1 Å². The minimum atomic E-state index is -0.772. The monoisotopic (exact) mass is 403 g/mol. The number of benzene rings is 2. The van der Waals surface area contributed by atoms with Crippen LogP contribution in [0.15, 0.2) is 54.6 Å². The van der Waals surface area contributed by atoms with Crippen LogP contribution in [0.5, 0.6) is 0 Å². The smallest absolute Gasteiger partial charge is 0.312 e. The molecule has 0 aliphatic rings. The highest BCUT2D eigenvalue weighted by Gasteiger charge is 2.20. The first-order chi connectivity index (χ1) is 13.3. The molecule has 0 fully saturated rings. The Morgan fingerprint density at radius 2 is 1.75 bits per heavy atom. The average Bonchev–Trinajstić information content (AvgIpc) is 2.66. The van der Waals surface area contributed by atoms with E-state index in [1.807, 2.05) is 30.3 Å². The van der Waals surface area contributed by atoms with Crippen molar-refractivity contribution in [3.8, 4) is 0 Å². The fraction of sp³-hybridized carbons (Fsp3) is 0.250. The van der Waals surface area contributed by atoms with Crippen molar-refractivity contribution < 1.29 is 19.1 Å². The van der Waals surface area contributed by atoms with Gasteiger partial charge in [0.05, 0.1) is 12.5 Å². The van der Waals surface area contributed by atoms with Gasteiger partial charge < -0.3 is 20.7 Å². The van der Waals surface area contributed by atoms with Gasteiger partial charge in [-0.15, -0.1) is 0 Å². The molecule has 0 spiro atoms. The Morgan fingerprint density at radius 3 is 2.36 bits per heavy atom. The van der Waals surface area contributed by atoms with Crippen molar-refractivity contribution in [1.82, 2.24) is 10.2 Å². The second-order valence-corrected chi connectivity index (χ2v) is 6.65. The van der Waals surface area contributed by atoms with Crippen LogP contribution in [0, 0.1) is 0 Å². The molecular weight excluding hydrogens is 382 g/mol. The Bertz CT molecular complexity index is 812. The minimum absolute atomic E-state index is 0.166. The van der Waals surface area contributed by atoms with Gasteiger partial charge in [0.25, 0.3) is 5.91 Å². The lowest BCUT2D eigenvalue weighted by Gasteiger charge is -2.19. The second-order valence-electron chi connectivity index (χ2n) is 6.21. The van der Waals surface area contributed by atoms with Gasteiger partial charge in [0.2, 0.25) is 0 Å². The molecular formula is C20H22ClN3O4. The first kappa shape index (κ1) is 21.2. The van der Waals surface area contributed by atoms with E-state index in [0.717, 1.165) is 5.56 Å². The molecule has 2 rings (SSSR count). The lowest BCUT2D eigenvalue weighted by Crippen LogP contribution is -2.35. The molecule has 3 amide bonds. The standard InChI is InChI=1S/C20H22ClN3O4/c1-24(12-14-5-3-2-4-6-14)18(25)13-28-19(26)11-17(23-20(22)27)15-7-9-16(21)10-8-15/h2-10,17H,11-13H2,1H3,(H3,22,23,27). The normalized spacial score (nSPS) is 11.4. The van der Waals surface area contributed by atoms with E-state index in [1.165, 1.54) is 4.90 Å². The molecule has 0 bridgehead atoms. The number of amides is 3. The highest BCUT2D eigenvalue weighted by Crippen LogP contribution is 2.20. The highest BCUT2D eigenvalue weighted by atomic mass is 35.5. The van der Waals surface area contributed by atoms with Crippen LogP contribution in [0.25, 0.3) is 0 Å². The lowest BCUT2D eigenvalue weighted by atomic mass is 10.0. The van der Waals surface area contributed by atoms with Crippen LogP contribution in [-0.2, 0) is 20.9 Å². The summed E-state index contributed by atoms with van der Waals surface area (Å²) in [6, 6.07) is 14.6. The summed E-state index contributed by atoms with van der Waals surface area (Å²) in [4.78, 5) is 37.0. The van der Waals surface area contributed by atoms with Gasteiger partial charge in [0, 0.05) is 18.6 Å². The molecule has 0 heterocycles. The fourth-order valence-electron chi connectivity index (χ4n) is 2.54. The first-order valence-corrected chi connectivity index (χ1v) is 8.98. The maximum atomic E-state index is 12.2. The van der Waals surface area contributed by atoms with Crippen LogP contribution in [0.2, 0.25) is 5.02 Å². The number of nitrogens with one attached hydrogen (secondary N) is 1. The van der Waals surface area contributed by atoms with Crippen LogP contribution in [0.1, 0.15) is 23.6 Å². The number of hydrogen-bond acceptors (Lipinski definition) is 4.